The van der Waals surface area contributed by atoms with E-state index in [2.05, 4.69) is 26.6 Å². The van der Waals surface area contributed by atoms with Gasteiger partial charge in [0.2, 0.25) is 6.23 Å². The van der Waals surface area contributed by atoms with Gasteiger partial charge in [-0.1, -0.05) is 28.1 Å². The highest BCUT2D eigenvalue weighted by Crippen LogP contribution is 2.22. The highest BCUT2D eigenvalue weighted by molar-refractivity contribution is 9.10. The maximum atomic E-state index is 13.7. The minimum atomic E-state index is -0.896. The molecule has 0 saturated heterocycles. The average Bonchev–Trinajstić information content (AvgIpc) is 2.65. The molecule has 2 N–H and O–H groups in total. The van der Waals surface area contributed by atoms with Gasteiger partial charge < -0.3 is 15.4 Å². The molecule has 2 unspecified atom stereocenters. The summed E-state index contributed by atoms with van der Waals surface area (Å²) in [6, 6.07) is 12.6. The molecule has 0 radical (unpaired) electrons. The first-order valence-electron chi connectivity index (χ1n) is 8.24. The second kappa shape index (κ2) is 8.35. The third kappa shape index (κ3) is 4.95. The summed E-state index contributed by atoms with van der Waals surface area (Å²) in [5, 5.41) is 5.53. The molecule has 140 valence electrons. The lowest BCUT2D eigenvalue weighted by Crippen LogP contribution is -2.42. The zero-order chi connectivity index (χ0) is 19.4. The van der Waals surface area contributed by atoms with Gasteiger partial charge >= 0.3 is 0 Å². The van der Waals surface area contributed by atoms with Gasteiger partial charge in [0, 0.05) is 10.7 Å². The van der Waals surface area contributed by atoms with E-state index in [1.807, 2.05) is 31.2 Å². The summed E-state index contributed by atoms with van der Waals surface area (Å²) < 4.78 is 33.3. The number of hydrogen-bond donors (Lipinski definition) is 2. The molecule has 0 spiro atoms. The standard InChI is InChI=1S/C20H17BrF2N2O2/c1-12(13-2-4-14(21)5-3-13)25-19(26)18-10-16(23)11-24-20(18)27-17-8-6-15(22)7-9-17/h2-12,20,24H,1H3,(H,25,26). The Kier molecular flexibility index (Phi) is 5.91. The van der Waals surface area contributed by atoms with Gasteiger partial charge in [-0.05, 0) is 55.0 Å². The van der Waals surface area contributed by atoms with Crippen molar-refractivity contribution in [2.24, 2.45) is 0 Å². The number of amides is 1. The van der Waals surface area contributed by atoms with Crippen LogP contribution < -0.4 is 15.4 Å². The van der Waals surface area contributed by atoms with Crippen LogP contribution in [0.4, 0.5) is 8.78 Å². The molecule has 0 bridgehead atoms. The highest BCUT2D eigenvalue weighted by atomic mass is 79.9. The molecule has 1 aliphatic heterocycles. The molecule has 0 saturated carbocycles. The lowest BCUT2D eigenvalue weighted by molar-refractivity contribution is -0.119. The van der Waals surface area contributed by atoms with E-state index in [0.29, 0.717) is 5.75 Å². The lowest BCUT2D eigenvalue weighted by atomic mass is 10.1. The summed E-state index contributed by atoms with van der Waals surface area (Å²) in [5.41, 5.74) is 0.992. The summed E-state index contributed by atoms with van der Waals surface area (Å²) in [7, 11) is 0. The van der Waals surface area contributed by atoms with Crippen molar-refractivity contribution in [2.75, 3.05) is 0 Å². The Balaban J connectivity index is 1.73. The number of benzene rings is 2. The topological polar surface area (TPSA) is 50.4 Å². The molecule has 1 aliphatic rings. The van der Waals surface area contributed by atoms with Crippen molar-refractivity contribution in [3.8, 4) is 5.75 Å². The fraction of sp³-hybridized carbons (Fsp3) is 0.150. The Morgan fingerprint density at radius 3 is 2.48 bits per heavy atom. The fourth-order valence-electron chi connectivity index (χ4n) is 2.56. The number of dihydropyridines is 1. The molecular weight excluding hydrogens is 418 g/mol. The van der Waals surface area contributed by atoms with Crippen LogP contribution in [0.2, 0.25) is 0 Å². The molecule has 3 rings (SSSR count). The van der Waals surface area contributed by atoms with E-state index in [1.165, 1.54) is 24.3 Å². The van der Waals surface area contributed by atoms with Crippen LogP contribution in [-0.2, 0) is 4.79 Å². The number of rotatable bonds is 5. The molecule has 2 atom stereocenters. The summed E-state index contributed by atoms with van der Waals surface area (Å²) >= 11 is 3.37. The Labute approximate surface area is 164 Å². The zero-order valence-electron chi connectivity index (χ0n) is 14.4. The molecule has 0 aliphatic carbocycles. The van der Waals surface area contributed by atoms with Gasteiger partial charge in [0.15, 0.2) is 0 Å². The first kappa shape index (κ1) is 19.1. The van der Waals surface area contributed by atoms with Crippen LogP contribution in [0.15, 0.2) is 76.7 Å². The third-order valence-electron chi connectivity index (χ3n) is 4.00. The maximum Gasteiger partial charge on any atom is 0.253 e. The molecular formula is C20H17BrF2N2O2. The number of allylic oxidation sites excluding steroid dienone is 2. The molecule has 4 nitrogen and oxygen atoms in total. The molecule has 2 aromatic rings. The van der Waals surface area contributed by atoms with Crippen LogP contribution >= 0.6 is 15.9 Å². The number of nitrogens with one attached hydrogen (secondary N) is 2. The average molecular weight is 435 g/mol. The quantitative estimate of drug-likeness (QED) is 0.727. The van der Waals surface area contributed by atoms with E-state index in [0.717, 1.165) is 22.3 Å². The third-order valence-corrected chi connectivity index (χ3v) is 4.52. The molecule has 7 heteroatoms. The zero-order valence-corrected chi connectivity index (χ0v) is 16.0. The molecule has 27 heavy (non-hydrogen) atoms. The number of hydrogen-bond acceptors (Lipinski definition) is 3. The van der Waals surface area contributed by atoms with Crippen molar-refractivity contribution in [1.82, 2.24) is 10.6 Å². The SMILES string of the molecule is CC(NC(=O)C1=CC(F)=CNC1Oc1ccc(F)cc1)c1ccc(Br)cc1. The summed E-state index contributed by atoms with van der Waals surface area (Å²) in [5.74, 6) is -1.10. The van der Waals surface area contributed by atoms with Crippen molar-refractivity contribution in [3.05, 3.63) is 88.1 Å². The van der Waals surface area contributed by atoms with Gasteiger partial charge in [-0.3, -0.25) is 4.79 Å². The monoisotopic (exact) mass is 434 g/mol. The minimum Gasteiger partial charge on any atom is -0.466 e. The van der Waals surface area contributed by atoms with Gasteiger partial charge in [-0.2, -0.15) is 0 Å². The second-order valence-corrected chi connectivity index (χ2v) is 6.91. The van der Waals surface area contributed by atoms with E-state index in [-0.39, 0.29) is 11.6 Å². The van der Waals surface area contributed by atoms with Gasteiger partial charge in [-0.25, -0.2) is 8.78 Å². The van der Waals surface area contributed by atoms with E-state index in [4.69, 9.17) is 4.74 Å². The molecule has 1 amide bonds. The van der Waals surface area contributed by atoms with Crippen LogP contribution in [0, 0.1) is 5.82 Å². The largest absolute Gasteiger partial charge is 0.466 e. The summed E-state index contributed by atoms with van der Waals surface area (Å²) in [6.45, 7) is 1.83. The van der Waals surface area contributed by atoms with E-state index in [1.54, 1.807) is 0 Å². The Morgan fingerprint density at radius 1 is 1.15 bits per heavy atom. The summed E-state index contributed by atoms with van der Waals surface area (Å²) in [6.07, 6.45) is 1.34. The van der Waals surface area contributed by atoms with Gasteiger partial charge in [-0.15, -0.1) is 0 Å². The summed E-state index contributed by atoms with van der Waals surface area (Å²) in [4.78, 5) is 12.7. The Hall–Kier alpha value is -2.67. The highest BCUT2D eigenvalue weighted by Gasteiger charge is 2.26. The molecule has 1 heterocycles. The number of carbonyl (C=O) groups excluding carboxylic acids is 1. The smallest absolute Gasteiger partial charge is 0.253 e. The van der Waals surface area contributed by atoms with Crippen molar-refractivity contribution >= 4 is 21.8 Å². The van der Waals surface area contributed by atoms with Gasteiger partial charge in [0.1, 0.15) is 17.4 Å². The van der Waals surface area contributed by atoms with Crippen molar-refractivity contribution in [1.29, 1.82) is 0 Å². The predicted molar refractivity (Wildman–Crippen MR) is 102 cm³/mol. The lowest BCUT2D eigenvalue weighted by Gasteiger charge is -2.25. The minimum absolute atomic E-state index is 0.0864. The van der Waals surface area contributed by atoms with Crippen LogP contribution in [0.3, 0.4) is 0 Å². The number of ether oxygens (including phenoxy) is 1. The van der Waals surface area contributed by atoms with Crippen LogP contribution in [0.25, 0.3) is 0 Å². The van der Waals surface area contributed by atoms with Crippen molar-refractivity contribution in [3.63, 3.8) is 0 Å². The molecule has 0 fully saturated rings. The Morgan fingerprint density at radius 2 is 1.81 bits per heavy atom. The predicted octanol–water partition coefficient (Wildman–Crippen LogP) is 4.51. The van der Waals surface area contributed by atoms with Crippen LogP contribution in [0.1, 0.15) is 18.5 Å². The number of carbonyl (C=O) groups is 1. The van der Waals surface area contributed by atoms with E-state index >= 15 is 0 Å². The van der Waals surface area contributed by atoms with Crippen molar-refractivity contribution in [2.45, 2.75) is 19.2 Å². The van der Waals surface area contributed by atoms with Gasteiger partial charge in [0.05, 0.1) is 11.6 Å². The second-order valence-electron chi connectivity index (χ2n) is 5.99. The fourth-order valence-corrected chi connectivity index (χ4v) is 2.82. The van der Waals surface area contributed by atoms with Crippen LogP contribution in [0.5, 0.6) is 5.75 Å². The van der Waals surface area contributed by atoms with Crippen LogP contribution in [-0.4, -0.2) is 12.1 Å². The first-order valence-corrected chi connectivity index (χ1v) is 9.03. The van der Waals surface area contributed by atoms with E-state index in [9.17, 15) is 13.6 Å². The van der Waals surface area contributed by atoms with Crippen molar-refractivity contribution < 1.29 is 18.3 Å². The molecule has 2 aromatic carbocycles. The number of halogens is 3. The van der Waals surface area contributed by atoms with E-state index < -0.39 is 23.8 Å². The van der Waals surface area contributed by atoms with Gasteiger partial charge in [0.25, 0.3) is 5.91 Å². The maximum absolute atomic E-state index is 13.7. The first-order chi connectivity index (χ1) is 12.9. The molecule has 0 aromatic heterocycles. The normalized spacial score (nSPS) is 17.3. The Bertz CT molecular complexity index is 880.